The Morgan fingerprint density at radius 2 is 1.93 bits per heavy atom. The Kier molecular flexibility index (Phi) is 8.87. The van der Waals surface area contributed by atoms with Gasteiger partial charge in [0.25, 0.3) is 0 Å². The first kappa shape index (κ1) is 21.3. The molecule has 0 radical (unpaired) electrons. The molecule has 0 aliphatic carbocycles. The summed E-state index contributed by atoms with van der Waals surface area (Å²) in [6, 6.07) is 15.4. The molecule has 0 aliphatic rings. The van der Waals surface area contributed by atoms with E-state index in [0.717, 1.165) is 11.3 Å². The van der Waals surface area contributed by atoms with Crippen LogP contribution in [0.5, 0.6) is 11.5 Å². The lowest BCUT2D eigenvalue weighted by Gasteiger charge is -2.11. The van der Waals surface area contributed by atoms with Crippen LogP contribution in [-0.2, 0) is 15.3 Å². The molecule has 0 bridgehead atoms. The number of esters is 1. The van der Waals surface area contributed by atoms with Crippen LogP contribution in [0.3, 0.4) is 0 Å². The number of hydrogen-bond donors (Lipinski definition) is 1. The number of hydrogen-bond acceptors (Lipinski definition) is 7. The smallest absolute Gasteiger partial charge is 0.302 e. The van der Waals surface area contributed by atoms with Crippen molar-refractivity contribution < 1.29 is 19.0 Å². The maximum atomic E-state index is 10.7. The molecule has 0 spiro atoms. The van der Waals surface area contributed by atoms with Crippen LogP contribution < -0.4 is 15.2 Å². The summed E-state index contributed by atoms with van der Waals surface area (Å²) in [5.74, 6) is 1.48. The van der Waals surface area contributed by atoms with Crippen LogP contribution in [-0.4, -0.2) is 37.7 Å². The fourth-order valence-corrected chi connectivity index (χ4v) is 2.75. The van der Waals surface area contributed by atoms with Gasteiger partial charge in [-0.25, -0.2) is 0 Å². The van der Waals surface area contributed by atoms with Crippen LogP contribution >= 0.6 is 11.8 Å². The Bertz CT molecular complexity index is 825. The van der Waals surface area contributed by atoms with E-state index in [1.165, 1.54) is 24.2 Å². The fourth-order valence-electron chi connectivity index (χ4n) is 2.13. The summed E-state index contributed by atoms with van der Waals surface area (Å²) in [4.78, 5) is 10.7. The fraction of sp³-hybridized carbons (Fsp3) is 0.250. The number of ether oxygens (including phenoxy) is 3. The second kappa shape index (κ2) is 11.7. The van der Waals surface area contributed by atoms with Crippen molar-refractivity contribution in [2.45, 2.75) is 12.7 Å². The Labute approximate surface area is 168 Å². The topological polar surface area (TPSA) is 95.5 Å². The second-order valence-corrected chi connectivity index (χ2v) is 6.55. The first-order valence-electron chi connectivity index (χ1n) is 8.56. The van der Waals surface area contributed by atoms with Gasteiger partial charge in [-0.1, -0.05) is 42.1 Å². The summed E-state index contributed by atoms with van der Waals surface area (Å²) in [5, 5.41) is 8.40. The Balaban J connectivity index is 1.89. The minimum absolute atomic E-state index is 0.177. The molecule has 0 aliphatic heterocycles. The lowest BCUT2D eigenvalue weighted by molar-refractivity contribution is -0.141. The van der Waals surface area contributed by atoms with Gasteiger partial charge in [0.2, 0.25) is 0 Å². The molecular weight excluding hydrogens is 378 g/mol. The number of thioether (sulfide) groups is 1. The highest BCUT2D eigenvalue weighted by atomic mass is 32.2. The summed E-state index contributed by atoms with van der Waals surface area (Å²) in [6.45, 7) is 1.77. The van der Waals surface area contributed by atoms with E-state index in [4.69, 9.17) is 19.9 Å². The SMILES string of the molecule is COc1cc(C=NN=C(N)SCc2ccccc2)ccc1OCCOC(C)=O. The monoisotopic (exact) mass is 401 g/mol. The largest absolute Gasteiger partial charge is 0.493 e. The maximum absolute atomic E-state index is 10.7. The lowest BCUT2D eigenvalue weighted by atomic mass is 10.2. The van der Waals surface area contributed by atoms with Gasteiger partial charge in [0.05, 0.1) is 13.3 Å². The summed E-state index contributed by atoms with van der Waals surface area (Å²) in [6.07, 6.45) is 1.58. The number of methoxy groups -OCH3 is 1. The molecule has 28 heavy (non-hydrogen) atoms. The quantitative estimate of drug-likeness (QED) is 0.228. The van der Waals surface area contributed by atoms with E-state index >= 15 is 0 Å². The molecule has 148 valence electrons. The first-order chi connectivity index (χ1) is 13.6. The van der Waals surface area contributed by atoms with Crippen LogP contribution in [0.4, 0.5) is 0 Å². The van der Waals surface area contributed by atoms with Gasteiger partial charge in [-0.3, -0.25) is 4.79 Å². The third kappa shape index (κ3) is 7.71. The Morgan fingerprint density at radius 3 is 2.64 bits per heavy atom. The Hall–Kier alpha value is -3.00. The van der Waals surface area contributed by atoms with E-state index < -0.39 is 0 Å². The molecule has 0 aromatic heterocycles. The molecule has 0 amide bonds. The lowest BCUT2D eigenvalue weighted by Crippen LogP contribution is -2.10. The van der Waals surface area contributed by atoms with E-state index in [-0.39, 0.29) is 19.2 Å². The van der Waals surface area contributed by atoms with Gasteiger partial charge in [-0.05, 0) is 29.3 Å². The Morgan fingerprint density at radius 1 is 1.14 bits per heavy atom. The molecular formula is C20H23N3O4S. The van der Waals surface area contributed by atoms with Crippen LogP contribution in [0.25, 0.3) is 0 Å². The number of nitrogens with zero attached hydrogens (tertiary/aromatic N) is 2. The first-order valence-corrected chi connectivity index (χ1v) is 9.54. The van der Waals surface area contributed by atoms with Crippen molar-refractivity contribution in [2.75, 3.05) is 20.3 Å². The molecule has 2 aromatic carbocycles. The van der Waals surface area contributed by atoms with Crippen molar-refractivity contribution in [3.05, 3.63) is 59.7 Å². The summed E-state index contributed by atoms with van der Waals surface area (Å²) < 4.78 is 15.7. The van der Waals surface area contributed by atoms with Gasteiger partial charge in [0.1, 0.15) is 13.2 Å². The third-order valence-electron chi connectivity index (χ3n) is 3.43. The number of carbonyl (C=O) groups is 1. The van der Waals surface area contributed by atoms with Crippen LogP contribution in [0.1, 0.15) is 18.1 Å². The molecule has 0 unspecified atom stereocenters. The second-order valence-electron chi connectivity index (χ2n) is 5.56. The van der Waals surface area contributed by atoms with E-state index in [0.29, 0.717) is 16.7 Å². The van der Waals surface area contributed by atoms with E-state index in [2.05, 4.69) is 10.2 Å². The summed E-state index contributed by atoms with van der Waals surface area (Å²) in [7, 11) is 1.55. The normalized spacial score (nSPS) is 11.4. The molecule has 0 atom stereocenters. The van der Waals surface area contributed by atoms with Crippen molar-refractivity contribution in [3.8, 4) is 11.5 Å². The van der Waals surface area contributed by atoms with Crippen molar-refractivity contribution in [2.24, 2.45) is 15.9 Å². The van der Waals surface area contributed by atoms with Crippen molar-refractivity contribution in [1.82, 2.24) is 0 Å². The highest BCUT2D eigenvalue weighted by molar-refractivity contribution is 8.13. The molecule has 2 rings (SSSR count). The number of amidine groups is 1. The predicted octanol–water partition coefficient (Wildman–Crippen LogP) is 3.22. The molecule has 7 nitrogen and oxygen atoms in total. The van der Waals surface area contributed by atoms with Crippen LogP contribution in [0.2, 0.25) is 0 Å². The number of carbonyl (C=O) groups excluding carboxylic acids is 1. The molecule has 2 N–H and O–H groups in total. The standard InChI is InChI=1S/C20H23N3O4S/c1-15(24)26-10-11-27-18-9-8-17(12-19(18)25-2)13-22-23-20(21)28-14-16-6-4-3-5-7-16/h3-9,12-13H,10-11,14H2,1-2H3,(H2,21,23). The van der Waals surface area contributed by atoms with E-state index in [1.807, 2.05) is 36.4 Å². The van der Waals surface area contributed by atoms with Gasteiger partial charge < -0.3 is 19.9 Å². The van der Waals surface area contributed by atoms with Gasteiger partial charge >= 0.3 is 5.97 Å². The van der Waals surface area contributed by atoms with Crippen molar-refractivity contribution in [1.29, 1.82) is 0 Å². The zero-order valence-electron chi connectivity index (χ0n) is 15.8. The predicted molar refractivity (Wildman–Crippen MR) is 112 cm³/mol. The average Bonchev–Trinajstić information content (AvgIpc) is 2.71. The third-order valence-corrected chi connectivity index (χ3v) is 4.28. The zero-order chi connectivity index (χ0) is 20.2. The van der Waals surface area contributed by atoms with Gasteiger partial charge in [0, 0.05) is 12.7 Å². The number of benzene rings is 2. The highest BCUT2D eigenvalue weighted by Gasteiger charge is 2.05. The molecule has 2 aromatic rings. The van der Waals surface area contributed by atoms with Gasteiger partial charge in [-0.2, -0.15) is 5.10 Å². The highest BCUT2D eigenvalue weighted by Crippen LogP contribution is 2.27. The van der Waals surface area contributed by atoms with Crippen molar-refractivity contribution >= 4 is 29.1 Å². The van der Waals surface area contributed by atoms with Crippen LogP contribution in [0, 0.1) is 0 Å². The number of nitrogens with two attached hydrogens (primary N) is 1. The molecule has 0 saturated carbocycles. The van der Waals surface area contributed by atoms with Gasteiger partial charge in [0.15, 0.2) is 16.7 Å². The zero-order valence-corrected chi connectivity index (χ0v) is 16.6. The van der Waals surface area contributed by atoms with Crippen LogP contribution in [0.15, 0.2) is 58.7 Å². The van der Waals surface area contributed by atoms with E-state index in [9.17, 15) is 4.79 Å². The van der Waals surface area contributed by atoms with Crippen molar-refractivity contribution in [3.63, 3.8) is 0 Å². The van der Waals surface area contributed by atoms with Gasteiger partial charge in [-0.15, -0.1) is 5.10 Å². The summed E-state index contributed by atoms with van der Waals surface area (Å²) in [5.41, 5.74) is 7.83. The minimum atomic E-state index is -0.344. The number of rotatable bonds is 9. The average molecular weight is 401 g/mol. The maximum Gasteiger partial charge on any atom is 0.302 e. The summed E-state index contributed by atoms with van der Waals surface area (Å²) >= 11 is 1.42. The molecule has 0 heterocycles. The van der Waals surface area contributed by atoms with E-state index in [1.54, 1.807) is 25.5 Å². The molecule has 8 heteroatoms. The minimum Gasteiger partial charge on any atom is -0.493 e. The molecule has 0 saturated heterocycles. The molecule has 0 fully saturated rings.